The van der Waals surface area contributed by atoms with Crippen molar-refractivity contribution in [1.82, 2.24) is 16.3 Å². The molecule has 0 bridgehead atoms. The van der Waals surface area contributed by atoms with Crippen LogP contribution in [0.3, 0.4) is 0 Å². The maximum absolute atomic E-state index is 11.7. The zero-order valence-corrected chi connectivity index (χ0v) is 22.9. The number of nitrogens with zero attached hydrogens (tertiary/aromatic N) is 4. The third-order valence-electron chi connectivity index (χ3n) is 5.58. The highest BCUT2D eigenvalue weighted by atomic mass is 35.5. The third-order valence-corrected chi connectivity index (χ3v) is 5.58. The minimum Gasteiger partial charge on any atom is -0.305 e. The summed E-state index contributed by atoms with van der Waals surface area (Å²) in [5.74, 6) is 0. The SMILES string of the molecule is CCc1ccccc1NNN(NNc1ccc([N+](=O)[O-])cc1[N+](=O)[O-])N(c1ccccc1)c1ccccc1.Cl.Cl. The number of hydrazine groups is 5. The number of nitro benzene ring substituents is 2. The van der Waals surface area contributed by atoms with Crippen molar-refractivity contribution in [3.05, 3.63) is 129 Å². The molecular formula is C26H28Cl2N8O4. The highest BCUT2D eigenvalue weighted by Crippen LogP contribution is 2.29. The van der Waals surface area contributed by atoms with Crippen molar-refractivity contribution in [3.8, 4) is 0 Å². The first-order valence-corrected chi connectivity index (χ1v) is 11.7. The van der Waals surface area contributed by atoms with E-state index in [9.17, 15) is 20.2 Å². The standard InChI is InChI=1S/C26H26N8O4.2ClH/c1-2-20-11-9-10-16-24(20)27-29-34(30-28-25-18-17-23(32(35)36)19-26(25)33(37)38)31(21-12-5-3-6-13-21)22-14-7-4-8-15-22;;/h3-19,27-30H,2H2,1H3;2*1H. The maximum atomic E-state index is 11.7. The van der Waals surface area contributed by atoms with E-state index in [-0.39, 0.29) is 36.2 Å². The van der Waals surface area contributed by atoms with E-state index >= 15 is 0 Å². The topological polar surface area (TPSA) is 141 Å². The molecule has 0 heterocycles. The van der Waals surface area contributed by atoms with Crippen molar-refractivity contribution in [2.24, 2.45) is 0 Å². The largest absolute Gasteiger partial charge is 0.305 e. The molecule has 0 spiro atoms. The molecule has 0 saturated heterocycles. The summed E-state index contributed by atoms with van der Waals surface area (Å²) < 4.78 is 0. The Labute approximate surface area is 243 Å². The maximum Gasteiger partial charge on any atom is 0.300 e. The number of benzene rings is 4. The second-order valence-electron chi connectivity index (χ2n) is 7.99. The van der Waals surface area contributed by atoms with E-state index in [0.717, 1.165) is 35.1 Å². The van der Waals surface area contributed by atoms with E-state index in [4.69, 9.17) is 0 Å². The van der Waals surface area contributed by atoms with Gasteiger partial charge in [0, 0.05) is 6.07 Å². The second kappa shape index (κ2) is 15.2. The number of hydrogen-bond acceptors (Lipinski definition) is 10. The van der Waals surface area contributed by atoms with Gasteiger partial charge in [-0.15, -0.1) is 35.9 Å². The average Bonchev–Trinajstić information content (AvgIpc) is 2.95. The Morgan fingerprint density at radius 1 is 0.675 bits per heavy atom. The summed E-state index contributed by atoms with van der Waals surface area (Å²) in [6.07, 6.45) is 0.798. The van der Waals surface area contributed by atoms with Crippen molar-refractivity contribution in [1.29, 1.82) is 0 Å². The molecule has 0 aliphatic rings. The van der Waals surface area contributed by atoms with E-state index in [2.05, 4.69) is 21.9 Å². The highest BCUT2D eigenvalue weighted by Gasteiger charge is 2.23. The summed E-state index contributed by atoms with van der Waals surface area (Å²) in [6.45, 7) is 2.05. The molecule has 4 rings (SSSR count). The highest BCUT2D eigenvalue weighted by molar-refractivity contribution is 5.85. The van der Waals surface area contributed by atoms with Crippen molar-refractivity contribution >= 4 is 58.9 Å². The molecule has 4 N–H and O–H groups in total. The lowest BCUT2D eigenvalue weighted by atomic mass is 10.1. The van der Waals surface area contributed by atoms with Gasteiger partial charge in [-0.3, -0.25) is 25.7 Å². The zero-order chi connectivity index (χ0) is 26.9. The number of anilines is 4. The molecule has 12 nitrogen and oxygen atoms in total. The van der Waals surface area contributed by atoms with Crippen molar-refractivity contribution in [2.45, 2.75) is 13.3 Å². The molecule has 210 valence electrons. The van der Waals surface area contributed by atoms with Crippen molar-refractivity contribution in [2.75, 3.05) is 15.9 Å². The van der Waals surface area contributed by atoms with Gasteiger partial charge in [0.2, 0.25) is 0 Å². The van der Waals surface area contributed by atoms with Crippen LogP contribution in [0.5, 0.6) is 0 Å². The van der Waals surface area contributed by atoms with E-state index in [1.165, 1.54) is 17.4 Å². The molecule has 0 amide bonds. The monoisotopic (exact) mass is 586 g/mol. The van der Waals surface area contributed by atoms with Gasteiger partial charge in [0.25, 0.3) is 5.69 Å². The molecule has 0 unspecified atom stereocenters. The molecule has 0 fully saturated rings. The predicted octanol–water partition coefficient (Wildman–Crippen LogP) is 6.33. The molecule has 40 heavy (non-hydrogen) atoms. The molecule has 0 aliphatic heterocycles. The van der Waals surface area contributed by atoms with E-state index in [1.54, 1.807) is 5.01 Å². The van der Waals surface area contributed by atoms with Gasteiger partial charge in [-0.25, -0.2) is 5.01 Å². The van der Waals surface area contributed by atoms with Gasteiger partial charge in [-0.1, -0.05) is 61.5 Å². The molecular weight excluding hydrogens is 559 g/mol. The lowest BCUT2D eigenvalue weighted by molar-refractivity contribution is -0.393. The Morgan fingerprint density at radius 2 is 1.20 bits per heavy atom. The smallest absolute Gasteiger partial charge is 0.300 e. The van der Waals surface area contributed by atoms with Gasteiger partial charge in [-0.2, -0.15) is 0 Å². The van der Waals surface area contributed by atoms with Gasteiger partial charge in [0.05, 0.1) is 33.0 Å². The van der Waals surface area contributed by atoms with Crippen molar-refractivity contribution in [3.63, 3.8) is 0 Å². The fourth-order valence-electron chi connectivity index (χ4n) is 3.71. The summed E-state index contributed by atoms with van der Waals surface area (Å²) >= 11 is 0. The van der Waals surface area contributed by atoms with Crippen molar-refractivity contribution < 1.29 is 9.85 Å². The van der Waals surface area contributed by atoms with Crippen LogP contribution < -0.4 is 26.9 Å². The van der Waals surface area contributed by atoms with E-state index < -0.39 is 15.5 Å². The van der Waals surface area contributed by atoms with Crippen LogP contribution >= 0.6 is 24.8 Å². The molecule has 4 aromatic rings. The van der Waals surface area contributed by atoms with E-state index in [1.807, 2.05) is 91.9 Å². The van der Waals surface area contributed by atoms with Gasteiger partial charge < -0.3 is 5.43 Å². The first-order chi connectivity index (χ1) is 18.5. The summed E-state index contributed by atoms with van der Waals surface area (Å²) in [5, 5.41) is 26.1. The Bertz CT molecular complexity index is 1360. The number of hydrogen-bond donors (Lipinski definition) is 4. The minimum atomic E-state index is -0.684. The van der Waals surface area contributed by atoms with Crippen LogP contribution in [0.4, 0.5) is 34.1 Å². The predicted molar refractivity (Wildman–Crippen MR) is 160 cm³/mol. The fourth-order valence-corrected chi connectivity index (χ4v) is 3.71. The molecule has 0 saturated carbocycles. The first kappa shape index (κ1) is 31.8. The minimum absolute atomic E-state index is 0. The molecule has 0 aliphatic carbocycles. The number of halogens is 2. The van der Waals surface area contributed by atoms with Crippen LogP contribution in [0.1, 0.15) is 12.5 Å². The Hall–Kier alpha value is -4.46. The van der Waals surface area contributed by atoms with Crippen LogP contribution in [-0.2, 0) is 6.42 Å². The normalized spacial score (nSPS) is 10.2. The third kappa shape index (κ3) is 7.79. The van der Waals surface area contributed by atoms with Gasteiger partial charge in [-0.05, 0) is 53.6 Å². The zero-order valence-electron chi connectivity index (χ0n) is 21.3. The number of para-hydroxylation sites is 3. The first-order valence-electron chi connectivity index (χ1n) is 11.7. The summed E-state index contributed by atoms with van der Waals surface area (Å²) in [5.41, 5.74) is 14.7. The fraction of sp³-hybridized carbons (Fsp3) is 0.0769. The van der Waals surface area contributed by atoms with Gasteiger partial charge in [0.15, 0.2) is 0 Å². The lowest BCUT2D eigenvalue weighted by Gasteiger charge is -2.36. The summed E-state index contributed by atoms with van der Waals surface area (Å²) in [6, 6.07) is 30.1. The molecule has 0 aromatic heterocycles. The van der Waals surface area contributed by atoms with Crippen LogP contribution in [0, 0.1) is 20.2 Å². The van der Waals surface area contributed by atoms with Crippen LogP contribution in [0.2, 0.25) is 0 Å². The summed E-state index contributed by atoms with van der Waals surface area (Å²) in [4.78, 5) is 21.4. The number of nitrogens with one attached hydrogen (secondary N) is 4. The van der Waals surface area contributed by atoms with E-state index in [0.29, 0.717) is 0 Å². The average molecular weight is 587 g/mol. The van der Waals surface area contributed by atoms with Gasteiger partial charge in [0.1, 0.15) is 5.69 Å². The van der Waals surface area contributed by atoms with Crippen LogP contribution in [-0.4, -0.2) is 15.1 Å². The molecule has 14 heteroatoms. The number of aryl methyl sites for hydroxylation is 1. The molecule has 4 aromatic carbocycles. The number of nitro groups is 2. The van der Waals surface area contributed by atoms with Gasteiger partial charge >= 0.3 is 5.69 Å². The summed E-state index contributed by atoms with van der Waals surface area (Å²) in [7, 11) is 0. The molecule has 0 atom stereocenters. The second-order valence-corrected chi connectivity index (χ2v) is 7.99. The Morgan fingerprint density at radius 3 is 1.73 bits per heavy atom. The van der Waals surface area contributed by atoms with Crippen LogP contribution in [0.25, 0.3) is 0 Å². The quantitative estimate of drug-likeness (QED) is 0.110. The number of non-ortho nitro benzene ring substituents is 1. The molecule has 0 radical (unpaired) electrons. The number of rotatable bonds is 12. The Balaban J connectivity index is 0.00000280. The van der Waals surface area contributed by atoms with Crippen LogP contribution in [0.15, 0.2) is 103 Å². The lowest BCUT2D eigenvalue weighted by Crippen LogP contribution is -2.60. The Kier molecular flexibility index (Phi) is 12.1.